The summed E-state index contributed by atoms with van der Waals surface area (Å²) >= 11 is 1.36. The van der Waals surface area contributed by atoms with E-state index in [0.717, 1.165) is 10.3 Å². The second-order valence-electron chi connectivity index (χ2n) is 8.95. The number of sulfonamides is 1. The topological polar surface area (TPSA) is 102 Å². The van der Waals surface area contributed by atoms with Crippen LogP contribution in [0, 0.1) is 0 Å². The number of carbonyl (C=O) groups is 1. The second kappa shape index (κ2) is 10.6. The van der Waals surface area contributed by atoms with Crippen LogP contribution in [0.15, 0.2) is 96.2 Å². The molecule has 0 spiro atoms. The third-order valence-electron chi connectivity index (χ3n) is 6.43. The van der Waals surface area contributed by atoms with Crippen molar-refractivity contribution < 1.29 is 22.7 Å². The third kappa shape index (κ3) is 4.85. The van der Waals surface area contributed by atoms with E-state index in [0.29, 0.717) is 33.4 Å². The zero-order chi connectivity index (χ0) is 27.7. The summed E-state index contributed by atoms with van der Waals surface area (Å²) in [5, 5.41) is 0.491. The van der Waals surface area contributed by atoms with Gasteiger partial charge in [0.1, 0.15) is 0 Å². The molecule has 3 aromatic carbocycles. The Hall–Kier alpha value is -4.48. The molecule has 6 rings (SSSR count). The molecule has 0 bridgehead atoms. The number of amides is 1. The minimum atomic E-state index is -3.82. The minimum absolute atomic E-state index is 0.100. The van der Waals surface area contributed by atoms with Crippen molar-refractivity contribution in [2.24, 2.45) is 0 Å². The fraction of sp³-hybridized carbons (Fsp3) is 0.138. The molecular formula is C29H24N4O5S2. The van der Waals surface area contributed by atoms with E-state index in [1.54, 1.807) is 60.6 Å². The summed E-state index contributed by atoms with van der Waals surface area (Å²) in [6, 6.07) is 22.3. The van der Waals surface area contributed by atoms with Crippen LogP contribution in [0.4, 0.5) is 10.8 Å². The number of nitrogens with zero attached hydrogens (tertiary/aromatic N) is 4. The zero-order valence-corrected chi connectivity index (χ0v) is 23.1. The maximum Gasteiger partial charge on any atom is 0.264 e. The number of carbonyl (C=O) groups excluding carboxylic acids is 1. The Balaban J connectivity index is 1.33. The van der Waals surface area contributed by atoms with Crippen LogP contribution in [-0.4, -0.2) is 37.6 Å². The van der Waals surface area contributed by atoms with Crippen LogP contribution in [0.3, 0.4) is 0 Å². The van der Waals surface area contributed by atoms with Crippen molar-refractivity contribution in [2.75, 3.05) is 22.5 Å². The number of fused-ring (bicyclic) bond motifs is 2. The fourth-order valence-electron chi connectivity index (χ4n) is 4.46. The first-order chi connectivity index (χ1) is 19.4. The van der Waals surface area contributed by atoms with E-state index in [9.17, 15) is 13.2 Å². The number of ether oxygens (including phenoxy) is 2. The third-order valence-corrected chi connectivity index (χ3v) is 9.39. The lowest BCUT2D eigenvalue weighted by Gasteiger charge is -2.23. The average molecular weight is 573 g/mol. The molecule has 5 aromatic rings. The van der Waals surface area contributed by atoms with E-state index in [4.69, 9.17) is 14.5 Å². The van der Waals surface area contributed by atoms with Gasteiger partial charge in [-0.2, -0.15) is 0 Å². The molecule has 2 aromatic heterocycles. The van der Waals surface area contributed by atoms with Gasteiger partial charge >= 0.3 is 0 Å². The number of pyridine rings is 1. The standard InChI is InChI=1S/C29H24N4O5S2/c1-2-33(22-8-4-3-5-9-22)40(35,36)23-12-10-21(11-13-23)28(34)32(18-20-7-6-14-30-17-20)29-31-24-15-25-26(38-19-37-25)16-27(24)39-29/h3-17H,2,18-19H2,1H3. The normalized spacial score (nSPS) is 12.4. The van der Waals surface area contributed by atoms with Crippen molar-refractivity contribution >= 4 is 48.3 Å². The van der Waals surface area contributed by atoms with Gasteiger partial charge in [-0.25, -0.2) is 13.4 Å². The van der Waals surface area contributed by atoms with Crippen molar-refractivity contribution in [2.45, 2.75) is 18.4 Å². The maximum absolute atomic E-state index is 13.9. The molecule has 0 unspecified atom stereocenters. The van der Waals surface area contributed by atoms with E-state index >= 15 is 0 Å². The second-order valence-corrected chi connectivity index (χ2v) is 11.8. The van der Waals surface area contributed by atoms with Crippen LogP contribution in [0.5, 0.6) is 11.5 Å². The summed E-state index contributed by atoms with van der Waals surface area (Å²) in [5.41, 5.74) is 2.42. The van der Waals surface area contributed by atoms with E-state index in [-0.39, 0.29) is 30.7 Å². The minimum Gasteiger partial charge on any atom is -0.454 e. The van der Waals surface area contributed by atoms with Crippen LogP contribution in [0.2, 0.25) is 0 Å². The summed E-state index contributed by atoms with van der Waals surface area (Å²) in [6.45, 7) is 2.45. The first-order valence-electron chi connectivity index (χ1n) is 12.5. The van der Waals surface area contributed by atoms with Crippen LogP contribution >= 0.6 is 11.3 Å². The summed E-state index contributed by atoms with van der Waals surface area (Å²) in [7, 11) is -3.82. The van der Waals surface area contributed by atoms with Gasteiger partial charge in [-0.05, 0) is 55.0 Å². The number of rotatable bonds is 8. The number of aromatic nitrogens is 2. The molecule has 0 atom stereocenters. The summed E-state index contributed by atoms with van der Waals surface area (Å²) in [4.78, 5) is 24.4. The van der Waals surface area contributed by atoms with E-state index in [1.165, 1.54) is 39.9 Å². The molecule has 202 valence electrons. The SMILES string of the molecule is CCN(c1ccccc1)S(=O)(=O)c1ccc(C(=O)N(Cc2cccnc2)c2nc3cc4c(cc3s2)OCO4)cc1. The molecule has 1 amide bonds. The molecule has 0 aliphatic carbocycles. The van der Waals surface area contributed by atoms with Gasteiger partial charge in [0.05, 0.1) is 27.3 Å². The summed E-state index contributed by atoms with van der Waals surface area (Å²) in [6.07, 6.45) is 3.37. The monoisotopic (exact) mass is 572 g/mol. The van der Waals surface area contributed by atoms with Crippen molar-refractivity contribution in [1.29, 1.82) is 0 Å². The maximum atomic E-state index is 13.9. The van der Waals surface area contributed by atoms with Gasteiger partial charge in [-0.3, -0.25) is 19.0 Å². The molecule has 11 heteroatoms. The van der Waals surface area contributed by atoms with Crippen molar-refractivity contribution in [3.05, 3.63) is 102 Å². The number of hydrogen-bond donors (Lipinski definition) is 0. The molecular weight excluding hydrogens is 548 g/mol. The molecule has 9 nitrogen and oxygen atoms in total. The summed E-state index contributed by atoms with van der Waals surface area (Å²) in [5.74, 6) is 0.937. The molecule has 1 aliphatic rings. The number of thiazole rings is 1. The highest BCUT2D eigenvalue weighted by molar-refractivity contribution is 7.92. The highest BCUT2D eigenvalue weighted by atomic mass is 32.2. The Morgan fingerprint density at radius 1 is 0.975 bits per heavy atom. The number of para-hydroxylation sites is 1. The van der Waals surface area contributed by atoms with Gasteiger partial charge in [0.15, 0.2) is 16.6 Å². The predicted octanol–water partition coefficient (Wildman–Crippen LogP) is 5.48. The summed E-state index contributed by atoms with van der Waals surface area (Å²) < 4.78 is 40.0. The van der Waals surface area contributed by atoms with Gasteiger partial charge in [-0.1, -0.05) is 35.6 Å². The van der Waals surface area contributed by atoms with Crippen LogP contribution in [0.25, 0.3) is 10.2 Å². The van der Waals surface area contributed by atoms with Gasteiger partial charge in [-0.15, -0.1) is 0 Å². The Bertz CT molecular complexity index is 1740. The molecule has 0 radical (unpaired) electrons. The lowest BCUT2D eigenvalue weighted by molar-refractivity contribution is 0.0985. The molecule has 3 heterocycles. The molecule has 1 aliphatic heterocycles. The zero-order valence-electron chi connectivity index (χ0n) is 21.4. The van der Waals surface area contributed by atoms with Crippen molar-refractivity contribution in [1.82, 2.24) is 9.97 Å². The largest absolute Gasteiger partial charge is 0.454 e. The van der Waals surface area contributed by atoms with Crippen LogP contribution in [0.1, 0.15) is 22.8 Å². The van der Waals surface area contributed by atoms with E-state index in [2.05, 4.69) is 4.98 Å². The molecule has 0 saturated heterocycles. The highest BCUT2D eigenvalue weighted by Gasteiger charge is 2.26. The van der Waals surface area contributed by atoms with E-state index < -0.39 is 10.0 Å². The van der Waals surface area contributed by atoms with Gasteiger partial charge in [0, 0.05) is 36.6 Å². The molecule has 40 heavy (non-hydrogen) atoms. The van der Waals surface area contributed by atoms with Crippen molar-refractivity contribution in [3.8, 4) is 11.5 Å². The number of anilines is 2. The van der Waals surface area contributed by atoms with Gasteiger partial charge in [0.25, 0.3) is 15.9 Å². The number of benzene rings is 3. The lowest BCUT2D eigenvalue weighted by Crippen LogP contribution is -2.31. The van der Waals surface area contributed by atoms with Gasteiger partial charge < -0.3 is 9.47 Å². The van der Waals surface area contributed by atoms with Crippen LogP contribution in [-0.2, 0) is 16.6 Å². The molecule has 0 N–H and O–H groups in total. The Morgan fingerprint density at radius 3 is 2.42 bits per heavy atom. The average Bonchev–Trinajstić information content (AvgIpc) is 3.61. The van der Waals surface area contributed by atoms with Crippen molar-refractivity contribution in [3.63, 3.8) is 0 Å². The Morgan fingerprint density at radius 2 is 1.73 bits per heavy atom. The molecule has 0 saturated carbocycles. The fourth-order valence-corrected chi connectivity index (χ4v) is 6.91. The lowest BCUT2D eigenvalue weighted by atomic mass is 10.2. The highest BCUT2D eigenvalue weighted by Crippen LogP contribution is 2.40. The van der Waals surface area contributed by atoms with Crippen LogP contribution < -0.4 is 18.7 Å². The van der Waals surface area contributed by atoms with E-state index in [1.807, 2.05) is 18.2 Å². The molecule has 0 fully saturated rings. The predicted molar refractivity (Wildman–Crippen MR) is 154 cm³/mol. The first-order valence-corrected chi connectivity index (χ1v) is 14.8. The Kier molecular flexibility index (Phi) is 6.82. The quantitative estimate of drug-likeness (QED) is 0.243. The number of hydrogen-bond acceptors (Lipinski definition) is 8. The Labute approximate surface area is 235 Å². The smallest absolute Gasteiger partial charge is 0.264 e. The van der Waals surface area contributed by atoms with Gasteiger partial charge in [0.2, 0.25) is 6.79 Å². The first kappa shape index (κ1) is 25.8.